The van der Waals surface area contributed by atoms with Crippen LogP contribution in [0.5, 0.6) is 0 Å². The van der Waals surface area contributed by atoms with Gasteiger partial charge in [0.15, 0.2) is 0 Å². The Kier molecular flexibility index (Phi) is 4.03. The summed E-state index contributed by atoms with van der Waals surface area (Å²) in [6.45, 7) is 7.24. The highest BCUT2D eigenvalue weighted by molar-refractivity contribution is 6.31. The van der Waals surface area contributed by atoms with Crippen molar-refractivity contribution in [3.8, 4) is 0 Å². The van der Waals surface area contributed by atoms with Crippen molar-refractivity contribution in [1.29, 1.82) is 0 Å². The molecule has 2 saturated heterocycles. The second kappa shape index (κ2) is 5.75. The van der Waals surface area contributed by atoms with E-state index in [9.17, 15) is 4.39 Å². The lowest BCUT2D eigenvalue weighted by molar-refractivity contribution is 0.0695. The molecule has 19 heavy (non-hydrogen) atoms. The van der Waals surface area contributed by atoms with Crippen LogP contribution in [-0.4, -0.2) is 55.1 Å². The molecule has 1 N–H and O–H groups in total. The Morgan fingerprint density at radius 2 is 1.95 bits per heavy atom. The maximum Gasteiger partial charge on any atom is 0.142 e. The molecule has 1 aromatic carbocycles. The number of nitrogens with one attached hydrogen (secondary N) is 1. The first kappa shape index (κ1) is 13.3. The Morgan fingerprint density at radius 1 is 1.21 bits per heavy atom. The summed E-state index contributed by atoms with van der Waals surface area (Å²) >= 11 is 6.00. The first-order chi connectivity index (χ1) is 9.24. The molecule has 1 aromatic rings. The summed E-state index contributed by atoms with van der Waals surface area (Å²) in [5.74, 6) is -0.321. The number of hydrogen-bond donors (Lipinski definition) is 1. The van der Waals surface area contributed by atoms with Gasteiger partial charge in [-0.3, -0.25) is 9.80 Å². The smallest absolute Gasteiger partial charge is 0.142 e. The van der Waals surface area contributed by atoms with Gasteiger partial charge in [0.1, 0.15) is 5.82 Å². The highest BCUT2D eigenvalue weighted by atomic mass is 35.5. The number of nitrogens with zero attached hydrogens (tertiary/aromatic N) is 2. The summed E-state index contributed by atoms with van der Waals surface area (Å²) in [6.07, 6.45) is 0. The highest BCUT2D eigenvalue weighted by Crippen LogP contribution is 2.22. The fourth-order valence-corrected chi connectivity index (χ4v) is 2.92. The van der Waals surface area contributed by atoms with Gasteiger partial charge < -0.3 is 5.32 Å². The number of benzene rings is 1. The predicted molar refractivity (Wildman–Crippen MR) is 74.9 cm³/mol. The molecule has 3 rings (SSSR count). The van der Waals surface area contributed by atoms with Gasteiger partial charge in [0.25, 0.3) is 0 Å². The van der Waals surface area contributed by atoms with Crippen LogP contribution in [0.2, 0.25) is 5.02 Å². The van der Waals surface area contributed by atoms with Gasteiger partial charge in [-0.25, -0.2) is 4.39 Å². The molecule has 0 saturated carbocycles. The summed E-state index contributed by atoms with van der Waals surface area (Å²) in [5.41, 5.74) is 0.889. The Morgan fingerprint density at radius 3 is 2.58 bits per heavy atom. The lowest BCUT2D eigenvalue weighted by Gasteiger charge is -2.43. The molecule has 0 aromatic heterocycles. The maximum atomic E-state index is 13.4. The molecule has 5 heteroatoms. The summed E-state index contributed by atoms with van der Waals surface area (Å²) < 4.78 is 13.4. The summed E-state index contributed by atoms with van der Waals surface area (Å²) in [5, 5.41) is 3.58. The van der Waals surface area contributed by atoms with Crippen LogP contribution in [0.15, 0.2) is 18.2 Å². The highest BCUT2D eigenvalue weighted by Gasteiger charge is 2.27. The molecule has 0 bridgehead atoms. The average molecular weight is 284 g/mol. The van der Waals surface area contributed by atoms with Crippen molar-refractivity contribution in [3.05, 3.63) is 34.6 Å². The van der Waals surface area contributed by atoms with Gasteiger partial charge in [-0.1, -0.05) is 23.7 Å². The SMILES string of the molecule is Fc1cccc(CN2CCN(C3CNC3)CC2)c1Cl. The molecule has 0 atom stereocenters. The van der Waals surface area contributed by atoms with Crippen LogP contribution in [-0.2, 0) is 6.54 Å². The average Bonchev–Trinajstić information content (AvgIpc) is 2.35. The molecule has 104 valence electrons. The molecule has 0 unspecified atom stereocenters. The van der Waals surface area contributed by atoms with Gasteiger partial charge in [-0.15, -0.1) is 0 Å². The molecule has 2 aliphatic heterocycles. The van der Waals surface area contributed by atoms with Gasteiger partial charge in [0, 0.05) is 51.9 Å². The van der Waals surface area contributed by atoms with Crippen molar-refractivity contribution in [2.75, 3.05) is 39.3 Å². The monoisotopic (exact) mass is 283 g/mol. The van der Waals surface area contributed by atoms with Crippen LogP contribution >= 0.6 is 11.6 Å². The van der Waals surface area contributed by atoms with E-state index >= 15 is 0 Å². The third kappa shape index (κ3) is 2.92. The molecule has 0 spiro atoms. The van der Waals surface area contributed by atoms with Crippen LogP contribution in [0.4, 0.5) is 4.39 Å². The predicted octanol–water partition coefficient (Wildman–Crippen LogP) is 1.57. The second-order valence-electron chi connectivity index (χ2n) is 5.34. The fraction of sp³-hybridized carbons (Fsp3) is 0.571. The lowest BCUT2D eigenvalue weighted by atomic mass is 10.1. The van der Waals surface area contributed by atoms with E-state index in [0.29, 0.717) is 0 Å². The number of halogens is 2. The molecule has 2 fully saturated rings. The van der Waals surface area contributed by atoms with Crippen molar-refractivity contribution >= 4 is 11.6 Å². The van der Waals surface area contributed by atoms with Gasteiger partial charge in [-0.2, -0.15) is 0 Å². The van der Waals surface area contributed by atoms with Crippen LogP contribution in [0.25, 0.3) is 0 Å². The third-order valence-corrected chi connectivity index (χ3v) is 4.53. The molecule has 3 nitrogen and oxygen atoms in total. The van der Waals surface area contributed by atoms with E-state index in [4.69, 9.17) is 11.6 Å². The van der Waals surface area contributed by atoms with Crippen LogP contribution in [0.3, 0.4) is 0 Å². The first-order valence-electron chi connectivity index (χ1n) is 6.84. The first-order valence-corrected chi connectivity index (χ1v) is 7.22. The van der Waals surface area contributed by atoms with E-state index in [-0.39, 0.29) is 10.8 Å². The zero-order chi connectivity index (χ0) is 13.2. The normalized spacial score (nSPS) is 22.4. The van der Waals surface area contributed by atoms with Crippen molar-refractivity contribution in [3.63, 3.8) is 0 Å². The zero-order valence-electron chi connectivity index (χ0n) is 10.9. The Bertz CT molecular complexity index is 442. The van der Waals surface area contributed by atoms with Gasteiger partial charge in [0.2, 0.25) is 0 Å². The molecule has 2 heterocycles. The maximum absolute atomic E-state index is 13.4. The van der Waals surface area contributed by atoms with Crippen LogP contribution in [0.1, 0.15) is 5.56 Å². The van der Waals surface area contributed by atoms with Gasteiger partial charge in [-0.05, 0) is 11.6 Å². The van der Waals surface area contributed by atoms with Gasteiger partial charge >= 0.3 is 0 Å². The van der Waals surface area contributed by atoms with E-state index in [0.717, 1.165) is 57.4 Å². The minimum absolute atomic E-state index is 0.271. The fourth-order valence-electron chi connectivity index (χ4n) is 2.73. The number of hydrogen-bond acceptors (Lipinski definition) is 3. The summed E-state index contributed by atoms with van der Waals surface area (Å²) in [6, 6.07) is 5.77. The lowest BCUT2D eigenvalue weighted by Crippen LogP contribution is -2.61. The van der Waals surface area contributed by atoms with Crippen molar-refractivity contribution < 1.29 is 4.39 Å². The Labute approximate surface area is 118 Å². The van der Waals surface area contributed by atoms with E-state index in [1.807, 2.05) is 6.07 Å². The summed E-state index contributed by atoms with van der Waals surface area (Å²) in [4.78, 5) is 4.89. The Hall–Kier alpha value is -0.680. The third-order valence-electron chi connectivity index (χ3n) is 4.11. The van der Waals surface area contributed by atoms with Crippen LogP contribution in [0, 0.1) is 5.82 Å². The van der Waals surface area contributed by atoms with E-state index in [1.165, 1.54) is 6.07 Å². The molecule has 2 aliphatic rings. The quantitative estimate of drug-likeness (QED) is 0.908. The molecule has 0 amide bonds. The topological polar surface area (TPSA) is 18.5 Å². The summed E-state index contributed by atoms with van der Waals surface area (Å²) in [7, 11) is 0. The van der Waals surface area contributed by atoms with E-state index < -0.39 is 0 Å². The standard InChI is InChI=1S/C14H19ClFN3/c15-14-11(2-1-3-13(14)16)10-18-4-6-19(7-5-18)12-8-17-9-12/h1-3,12,17H,4-10H2. The van der Waals surface area contributed by atoms with Crippen molar-refractivity contribution in [2.45, 2.75) is 12.6 Å². The largest absolute Gasteiger partial charge is 0.314 e. The van der Waals surface area contributed by atoms with E-state index in [2.05, 4.69) is 15.1 Å². The zero-order valence-corrected chi connectivity index (χ0v) is 11.7. The molecule has 0 radical (unpaired) electrons. The minimum Gasteiger partial charge on any atom is -0.314 e. The number of piperazine rings is 1. The van der Waals surface area contributed by atoms with Gasteiger partial charge in [0.05, 0.1) is 5.02 Å². The van der Waals surface area contributed by atoms with Crippen molar-refractivity contribution in [1.82, 2.24) is 15.1 Å². The van der Waals surface area contributed by atoms with Crippen molar-refractivity contribution in [2.24, 2.45) is 0 Å². The van der Waals surface area contributed by atoms with Crippen LogP contribution < -0.4 is 5.32 Å². The number of rotatable bonds is 3. The Balaban J connectivity index is 1.55. The van der Waals surface area contributed by atoms with E-state index in [1.54, 1.807) is 6.07 Å². The molecule has 0 aliphatic carbocycles. The second-order valence-corrected chi connectivity index (χ2v) is 5.72. The molecular formula is C14H19ClFN3. The molecular weight excluding hydrogens is 265 g/mol. The minimum atomic E-state index is -0.321.